The molecule has 152 valence electrons. The van der Waals surface area contributed by atoms with E-state index in [0.29, 0.717) is 34.3 Å². The molecular weight excluding hydrogens is 419 g/mol. The number of rotatable bonds is 4. The van der Waals surface area contributed by atoms with E-state index in [2.05, 4.69) is 11.4 Å². The van der Waals surface area contributed by atoms with Gasteiger partial charge in [0.25, 0.3) is 11.8 Å². The molecule has 0 radical (unpaired) electrons. The summed E-state index contributed by atoms with van der Waals surface area (Å²) >= 11 is 12.0. The molecule has 1 heterocycles. The van der Waals surface area contributed by atoms with Crippen LogP contribution in [-0.2, 0) is 13.0 Å². The normalized spacial score (nSPS) is 12.6. The highest BCUT2D eigenvalue weighted by molar-refractivity contribution is 6.31. The molecule has 0 bridgehead atoms. The van der Waals surface area contributed by atoms with Crippen molar-refractivity contribution < 1.29 is 9.59 Å². The van der Waals surface area contributed by atoms with Crippen molar-refractivity contribution in [3.05, 3.63) is 98.5 Å². The molecule has 0 unspecified atom stereocenters. The van der Waals surface area contributed by atoms with Gasteiger partial charge in [-0.25, -0.2) is 0 Å². The van der Waals surface area contributed by atoms with Crippen molar-refractivity contribution in [1.82, 2.24) is 5.32 Å². The van der Waals surface area contributed by atoms with Crippen LogP contribution < -0.4 is 10.2 Å². The Hall–Kier alpha value is -2.82. The van der Waals surface area contributed by atoms with E-state index in [1.807, 2.05) is 25.1 Å². The molecule has 3 aromatic carbocycles. The molecular formula is C24H20Cl2N2O2. The zero-order valence-electron chi connectivity index (χ0n) is 16.4. The lowest BCUT2D eigenvalue weighted by Crippen LogP contribution is -2.29. The fraction of sp³-hybridized carbons (Fsp3) is 0.167. The van der Waals surface area contributed by atoms with Crippen molar-refractivity contribution in [3.63, 3.8) is 0 Å². The monoisotopic (exact) mass is 438 g/mol. The Morgan fingerprint density at radius 3 is 2.47 bits per heavy atom. The van der Waals surface area contributed by atoms with Gasteiger partial charge in [-0.1, -0.05) is 41.4 Å². The smallest absolute Gasteiger partial charge is 0.258 e. The van der Waals surface area contributed by atoms with Crippen molar-refractivity contribution in [1.29, 1.82) is 0 Å². The van der Waals surface area contributed by atoms with Crippen molar-refractivity contribution in [2.45, 2.75) is 19.9 Å². The van der Waals surface area contributed by atoms with Gasteiger partial charge in [-0.15, -0.1) is 0 Å². The SMILES string of the molecule is Cc1ccc(Cl)cc1C(=O)N1CCc2cc(CNC(=O)c3ccc(Cl)cc3)ccc21. The van der Waals surface area contributed by atoms with E-state index in [1.54, 1.807) is 41.3 Å². The topological polar surface area (TPSA) is 49.4 Å². The molecule has 30 heavy (non-hydrogen) atoms. The second kappa shape index (κ2) is 8.50. The van der Waals surface area contributed by atoms with Gasteiger partial charge in [0, 0.05) is 39.9 Å². The van der Waals surface area contributed by atoms with Gasteiger partial charge in [-0.3, -0.25) is 9.59 Å². The molecule has 1 aliphatic heterocycles. The third-order valence-corrected chi connectivity index (χ3v) is 5.76. The van der Waals surface area contributed by atoms with E-state index in [-0.39, 0.29) is 11.8 Å². The molecule has 0 fully saturated rings. The minimum atomic E-state index is -0.152. The highest BCUT2D eigenvalue weighted by atomic mass is 35.5. The van der Waals surface area contributed by atoms with Gasteiger partial charge in [-0.05, 0) is 72.5 Å². The lowest BCUT2D eigenvalue weighted by molar-refractivity contribution is 0.0949. The van der Waals surface area contributed by atoms with Crippen LogP contribution in [0, 0.1) is 6.92 Å². The van der Waals surface area contributed by atoms with Gasteiger partial charge in [-0.2, -0.15) is 0 Å². The van der Waals surface area contributed by atoms with Gasteiger partial charge in [0.15, 0.2) is 0 Å². The van der Waals surface area contributed by atoms with Crippen LogP contribution in [0.15, 0.2) is 60.7 Å². The summed E-state index contributed by atoms with van der Waals surface area (Å²) in [6.07, 6.45) is 0.777. The van der Waals surface area contributed by atoms with E-state index < -0.39 is 0 Å². The number of aryl methyl sites for hydroxylation is 1. The largest absolute Gasteiger partial charge is 0.348 e. The van der Waals surface area contributed by atoms with Crippen LogP contribution in [0.2, 0.25) is 10.0 Å². The molecule has 1 aliphatic rings. The number of benzene rings is 3. The number of hydrogen-bond acceptors (Lipinski definition) is 2. The molecule has 4 rings (SSSR count). The number of carbonyl (C=O) groups excluding carboxylic acids is 2. The Balaban J connectivity index is 1.47. The van der Waals surface area contributed by atoms with Crippen molar-refractivity contribution in [2.75, 3.05) is 11.4 Å². The van der Waals surface area contributed by atoms with Gasteiger partial charge < -0.3 is 10.2 Å². The van der Waals surface area contributed by atoms with Gasteiger partial charge in [0.05, 0.1) is 0 Å². The summed E-state index contributed by atoms with van der Waals surface area (Å²) in [6.45, 7) is 2.95. The summed E-state index contributed by atoms with van der Waals surface area (Å²) in [7, 11) is 0. The molecule has 0 aromatic heterocycles. The molecule has 0 aliphatic carbocycles. The quantitative estimate of drug-likeness (QED) is 0.589. The average Bonchev–Trinajstić information content (AvgIpc) is 3.17. The highest BCUT2D eigenvalue weighted by Crippen LogP contribution is 2.31. The number of hydrogen-bond donors (Lipinski definition) is 1. The first kappa shape index (κ1) is 20.5. The van der Waals surface area contributed by atoms with Crippen LogP contribution >= 0.6 is 23.2 Å². The third kappa shape index (κ3) is 4.20. The average molecular weight is 439 g/mol. The number of nitrogens with one attached hydrogen (secondary N) is 1. The molecule has 6 heteroatoms. The number of fused-ring (bicyclic) bond motifs is 1. The zero-order valence-corrected chi connectivity index (χ0v) is 17.9. The van der Waals surface area contributed by atoms with Crippen LogP contribution in [-0.4, -0.2) is 18.4 Å². The standard InChI is InChI=1S/C24H20Cl2N2O2/c1-15-2-6-20(26)13-21(15)24(30)28-11-10-18-12-16(3-9-22(18)28)14-27-23(29)17-4-7-19(25)8-5-17/h2-9,12-13H,10-11,14H2,1H3,(H,27,29). The molecule has 0 spiro atoms. The molecule has 1 N–H and O–H groups in total. The number of anilines is 1. The number of nitrogens with zero attached hydrogens (tertiary/aromatic N) is 1. The Morgan fingerprint density at radius 2 is 1.70 bits per heavy atom. The first-order chi connectivity index (χ1) is 14.4. The van der Waals surface area contributed by atoms with Crippen LogP contribution in [0.3, 0.4) is 0 Å². The fourth-order valence-electron chi connectivity index (χ4n) is 3.63. The van der Waals surface area contributed by atoms with Crippen molar-refractivity contribution in [2.24, 2.45) is 0 Å². The van der Waals surface area contributed by atoms with Crippen LogP contribution in [0.1, 0.15) is 37.4 Å². The van der Waals surface area contributed by atoms with E-state index in [9.17, 15) is 9.59 Å². The number of halogens is 2. The molecule has 2 amide bonds. The Kier molecular flexibility index (Phi) is 5.80. The summed E-state index contributed by atoms with van der Waals surface area (Å²) in [5, 5.41) is 4.07. The predicted octanol–water partition coefficient (Wildman–Crippen LogP) is 5.43. The maximum absolute atomic E-state index is 13.1. The van der Waals surface area contributed by atoms with Crippen LogP contribution in [0.5, 0.6) is 0 Å². The first-order valence-corrected chi connectivity index (χ1v) is 10.4. The minimum Gasteiger partial charge on any atom is -0.348 e. The summed E-state index contributed by atoms with van der Waals surface area (Å²) < 4.78 is 0. The lowest BCUT2D eigenvalue weighted by atomic mass is 10.1. The van der Waals surface area contributed by atoms with E-state index in [1.165, 1.54) is 0 Å². The van der Waals surface area contributed by atoms with Crippen molar-refractivity contribution in [3.8, 4) is 0 Å². The van der Waals surface area contributed by atoms with E-state index in [0.717, 1.165) is 28.8 Å². The fourth-order valence-corrected chi connectivity index (χ4v) is 3.93. The van der Waals surface area contributed by atoms with Crippen molar-refractivity contribution >= 4 is 40.7 Å². The second-order valence-electron chi connectivity index (χ2n) is 7.32. The minimum absolute atomic E-state index is 0.0439. The van der Waals surface area contributed by atoms with Gasteiger partial charge in [0.1, 0.15) is 0 Å². The molecule has 0 atom stereocenters. The zero-order chi connectivity index (χ0) is 21.3. The molecule has 4 nitrogen and oxygen atoms in total. The predicted molar refractivity (Wildman–Crippen MR) is 121 cm³/mol. The second-order valence-corrected chi connectivity index (χ2v) is 8.19. The summed E-state index contributed by atoms with van der Waals surface area (Å²) in [5.74, 6) is -0.196. The van der Waals surface area contributed by atoms with Crippen LogP contribution in [0.4, 0.5) is 5.69 Å². The molecule has 3 aromatic rings. The van der Waals surface area contributed by atoms with E-state index in [4.69, 9.17) is 23.2 Å². The lowest BCUT2D eigenvalue weighted by Gasteiger charge is -2.19. The molecule has 0 saturated heterocycles. The Bertz CT molecular complexity index is 1130. The number of amides is 2. The third-order valence-electron chi connectivity index (χ3n) is 5.27. The summed E-state index contributed by atoms with van der Waals surface area (Å²) in [6, 6.07) is 18.1. The van der Waals surface area contributed by atoms with E-state index >= 15 is 0 Å². The van der Waals surface area contributed by atoms with Gasteiger partial charge >= 0.3 is 0 Å². The Labute approximate surface area is 185 Å². The summed E-state index contributed by atoms with van der Waals surface area (Å²) in [5.41, 5.74) is 5.08. The molecule has 0 saturated carbocycles. The van der Waals surface area contributed by atoms with Crippen LogP contribution in [0.25, 0.3) is 0 Å². The number of carbonyl (C=O) groups is 2. The summed E-state index contributed by atoms with van der Waals surface area (Å²) in [4.78, 5) is 27.2. The maximum Gasteiger partial charge on any atom is 0.258 e. The van der Waals surface area contributed by atoms with Gasteiger partial charge in [0.2, 0.25) is 0 Å². The first-order valence-electron chi connectivity index (χ1n) is 9.66. The highest BCUT2D eigenvalue weighted by Gasteiger charge is 2.26. The Morgan fingerprint density at radius 1 is 0.967 bits per heavy atom. The maximum atomic E-state index is 13.1.